The number of allylic oxidation sites excluding steroid dienone is 1. The number of likely N-dealkylation sites (tertiary alicyclic amines) is 1. The summed E-state index contributed by atoms with van der Waals surface area (Å²) in [4.78, 5) is 46.8. The van der Waals surface area contributed by atoms with Crippen LogP contribution in [0.15, 0.2) is 78.9 Å². The van der Waals surface area contributed by atoms with Crippen molar-refractivity contribution in [2.45, 2.75) is 60.9 Å². The van der Waals surface area contributed by atoms with E-state index in [9.17, 15) is 19.5 Å². The number of thioether (sulfide) groups is 1. The minimum absolute atomic E-state index is 0.138. The molecule has 10 nitrogen and oxygen atoms in total. The summed E-state index contributed by atoms with van der Waals surface area (Å²) in [6.07, 6.45) is 10.9. The zero-order valence-corrected chi connectivity index (χ0v) is 26.0. The Morgan fingerprint density at radius 3 is 2.62 bits per heavy atom. The zero-order valence-electron chi connectivity index (χ0n) is 25.2. The summed E-state index contributed by atoms with van der Waals surface area (Å²) < 4.78 is 5.67. The first-order valence-electron chi connectivity index (χ1n) is 15.6. The molecule has 2 aromatic carbocycles. The van der Waals surface area contributed by atoms with Crippen molar-refractivity contribution in [1.29, 1.82) is 0 Å². The normalized spacial score (nSPS) is 31.2. The number of cyclic esters (lactones) is 1. The fourth-order valence-electron chi connectivity index (χ4n) is 7.62. The fraction of sp³-hybridized carbons (Fsp3) is 0.441. The van der Waals surface area contributed by atoms with E-state index in [0.29, 0.717) is 19.6 Å². The number of aliphatic hydroxyl groups excluding tert-OH is 1. The summed E-state index contributed by atoms with van der Waals surface area (Å²) in [5, 5.41) is 19.4. The molecule has 0 aliphatic carbocycles. The average molecular weight is 628 g/mol. The highest BCUT2D eigenvalue weighted by Gasteiger charge is 2.74. The summed E-state index contributed by atoms with van der Waals surface area (Å²) in [7, 11) is 0. The van der Waals surface area contributed by atoms with Crippen molar-refractivity contribution in [3.05, 3.63) is 84.5 Å². The van der Waals surface area contributed by atoms with Gasteiger partial charge in [-0.3, -0.25) is 14.4 Å². The van der Waals surface area contributed by atoms with Crippen LogP contribution in [0.1, 0.15) is 31.7 Å². The maximum absolute atomic E-state index is 14.9. The highest BCUT2D eigenvalue weighted by molar-refractivity contribution is 8.02. The molecule has 7 rings (SSSR count). The third kappa shape index (κ3) is 4.96. The van der Waals surface area contributed by atoms with Gasteiger partial charge in [-0.2, -0.15) is 0 Å². The van der Waals surface area contributed by atoms with Crippen LogP contribution in [0.2, 0.25) is 0 Å². The van der Waals surface area contributed by atoms with E-state index in [1.54, 1.807) is 14.5 Å². The number of esters is 1. The van der Waals surface area contributed by atoms with Crippen molar-refractivity contribution >= 4 is 40.6 Å². The third-order valence-corrected chi connectivity index (χ3v) is 11.5. The van der Waals surface area contributed by atoms with Gasteiger partial charge < -0.3 is 19.6 Å². The largest absolute Gasteiger partial charge is 0.465 e. The van der Waals surface area contributed by atoms with Crippen molar-refractivity contribution in [3.8, 4) is 0 Å². The van der Waals surface area contributed by atoms with Gasteiger partial charge in [0.2, 0.25) is 11.8 Å². The van der Waals surface area contributed by atoms with E-state index in [0.717, 1.165) is 35.9 Å². The molecule has 5 heterocycles. The quantitative estimate of drug-likeness (QED) is 0.327. The van der Waals surface area contributed by atoms with Crippen LogP contribution in [-0.4, -0.2) is 89.0 Å². The topological polar surface area (TPSA) is 118 Å². The smallest absolute Gasteiger partial charge is 0.311 e. The van der Waals surface area contributed by atoms with E-state index in [1.807, 2.05) is 79.7 Å². The first kappa shape index (κ1) is 29.7. The lowest BCUT2D eigenvalue weighted by atomic mass is 9.74. The van der Waals surface area contributed by atoms with Gasteiger partial charge in [0.1, 0.15) is 18.2 Å². The monoisotopic (exact) mass is 627 g/mol. The predicted molar refractivity (Wildman–Crippen MR) is 170 cm³/mol. The second-order valence-corrected chi connectivity index (χ2v) is 14.3. The van der Waals surface area contributed by atoms with Crippen LogP contribution in [0.25, 0.3) is 11.0 Å². The number of carbonyl (C=O) groups is 3. The minimum atomic E-state index is -1.05. The third-order valence-electron chi connectivity index (χ3n) is 9.66. The number of aromatic nitrogens is 3. The van der Waals surface area contributed by atoms with E-state index >= 15 is 0 Å². The molecule has 2 fully saturated rings. The number of fused-ring (bicyclic) bond motifs is 3. The van der Waals surface area contributed by atoms with Gasteiger partial charge in [-0.15, -0.1) is 16.9 Å². The lowest BCUT2D eigenvalue weighted by Crippen LogP contribution is -2.57. The Hall–Kier alpha value is -3.96. The molecule has 1 N–H and O–H groups in total. The van der Waals surface area contributed by atoms with Gasteiger partial charge in [0.15, 0.2) is 0 Å². The summed E-state index contributed by atoms with van der Waals surface area (Å²) in [5.41, 5.74) is 2.46. The average Bonchev–Trinajstić information content (AvgIpc) is 3.61. The van der Waals surface area contributed by atoms with Gasteiger partial charge in [0, 0.05) is 11.3 Å². The van der Waals surface area contributed by atoms with E-state index in [-0.39, 0.29) is 25.1 Å². The maximum Gasteiger partial charge on any atom is 0.311 e. The number of hydrogen-bond acceptors (Lipinski definition) is 8. The highest BCUT2D eigenvalue weighted by Crippen LogP contribution is 2.65. The zero-order chi connectivity index (χ0) is 31.2. The van der Waals surface area contributed by atoms with Gasteiger partial charge in [-0.1, -0.05) is 72.0 Å². The van der Waals surface area contributed by atoms with Crippen LogP contribution in [-0.2, 0) is 32.2 Å². The van der Waals surface area contributed by atoms with Crippen molar-refractivity contribution < 1.29 is 24.2 Å². The van der Waals surface area contributed by atoms with Gasteiger partial charge in [-0.25, -0.2) is 4.68 Å². The number of hydrogen-bond donors (Lipinski definition) is 1. The van der Waals surface area contributed by atoms with Gasteiger partial charge in [0.05, 0.1) is 41.4 Å². The molecule has 3 aromatic rings. The molecule has 2 saturated heterocycles. The predicted octanol–water partition coefficient (Wildman–Crippen LogP) is 3.36. The lowest BCUT2D eigenvalue weighted by molar-refractivity contribution is -0.155. The van der Waals surface area contributed by atoms with Crippen LogP contribution in [0, 0.1) is 11.8 Å². The number of para-hydroxylation sites is 1. The van der Waals surface area contributed by atoms with E-state index in [2.05, 4.69) is 16.4 Å². The minimum Gasteiger partial charge on any atom is -0.465 e. The first-order chi connectivity index (χ1) is 21.9. The van der Waals surface area contributed by atoms with E-state index in [1.165, 1.54) is 11.8 Å². The summed E-state index contributed by atoms with van der Waals surface area (Å²) in [6.45, 7) is 2.39. The van der Waals surface area contributed by atoms with Gasteiger partial charge in [-0.05, 0) is 50.3 Å². The van der Waals surface area contributed by atoms with Crippen LogP contribution in [0.4, 0.5) is 0 Å². The molecular formula is C34H37N5O5S. The number of nitrogens with zero attached hydrogens (tertiary/aromatic N) is 5. The fourth-order valence-corrected chi connectivity index (χ4v) is 9.76. The Morgan fingerprint density at radius 2 is 1.80 bits per heavy atom. The molecule has 0 bridgehead atoms. The second kappa shape index (κ2) is 11.8. The summed E-state index contributed by atoms with van der Waals surface area (Å²) in [6, 6.07) is 15.6. The molecule has 0 saturated carbocycles. The highest BCUT2D eigenvalue weighted by atomic mass is 32.2. The standard InChI is InChI=1S/C34H37N5O5S/c1-33-16-9-2-3-10-19-44-32(43)28(33)27-30(41)39(24(21-40)20-23-12-5-4-6-13-23)29-31(42)37(18-11-17-34(27,29)45-33)22-38-26-15-8-7-14-25(26)35-36-38/h4-9,11-17,24,27-29,40H,2-3,10,18-22H2,1H3/b16-9-/t24-,27+,28-,29?,33+,34+/m1/s1. The summed E-state index contributed by atoms with van der Waals surface area (Å²) in [5.74, 6) is -2.60. The number of amides is 2. The Balaban J connectivity index is 1.33. The van der Waals surface area contributed by atoms with Crippen molar-refractivity contribution in [3.63, 3.8) is 0 Å². The number of rotatable bonds is 6. The molecular weight excluding hydrogens is 590 g/mol. The Morgan fingerprint density at radius 1 is 1.00 bits per heavy atom. The van der Waals surface area contributed by atoms with Crippen molar-refractivity contribution in [2.24, 2.45) is 11.8 Å². The Kier molecular flexibility index (Phi) is 7.77. The van der Waals surface area contributed by atoms with Crippen LogP contribution in [0.5, 0.6) is 0 Å². The molecule has 1 spiro atoms. The number of benzene rings is 2. The second-order valence-electron chi connectivity index (χ2n) is 12.5. The van der Waals surface area contributed by atoms with Crippen LogP contribution in [0.3, 0.4) is 0 Å². The molecule has 4 aliphatic heterocycles. The first-order valence-corrected chi connectivity index (χ1v) is 16.4. The van der Waals surface area contributed by atoms with E-state index in [4.69, 9.17) is 4.74 Å². The molecule has 2 amide bonds. The van der Waals surface area contributed by atoms with Crippen molar-refractivity contribution in [2.75, 3.05) is 19.8 Å². The van der Waals surface area contributed by atoms with Crippen LogP contribution < -0.4 is 0 Å². The number of carbonyl (C=O) groups excluding carboxylic acids is 3. The Labute approximate surface area is 266 Å². The maximum atomic E-state index is 14.9. The molecule has 4 aliphatic rings. The summed E-state index contributed by atoms with van der Waals surface area (Å²) >= 11 is 1.51. The molecule has 45 heavy (non-hydrogen) atoms. The lowest BCUT2D eigenvalue weighted by Gasteiger charge is -2.39. The van der Waals surface area contributed by atoms with Gasteiger partial charge in [0.25, 0.3) is 0 Å². The molecule has 234 valence electrons. The number of ether oxygens (including phenoxy) is 1. The SMILES string of the molecule is C[C@]12/C=C\CCCCOC(=O)[C@H]1[C@H]1C(=O)N([C@@H](CO)Cc3ccccc3)C3C(=O)N(Cn4nnc5ccccc54)CC=C[C@@]31S2. The molecule has 0 radical (unpaired) electrons. The van der Waals surface area contributed by atoms with E-state index < -0.39 is 39.4 Å². The molecule has 11 heteroatoms. The Bertz CT molecular complexity index is 1680. The number of aliphatic hydroxyl groups is 1. The van der Waals surface area contributed by atoms with Crippen LogP contribution >= 0.6 is 11.8 Å². The molecule has 1 unspecified atom stereocenters. The van der Waals surface area contributed by atoms with Gasteiger partial charge >= 0.3 is 5.97 Å². The van der Waals surface area contributed by atoms with Crippen molar-refractivity contribution in [1.82, 2.24) is 24.8 Å². The molecule has 1 aromatic heterocycles. The molecule has 6 atom stereocenters.